The molecule has 0 spiro atoms. The van der Waals surface area contributed by atoms with Gasteiger partial charge in [-0.05, 0) is 37.6 Å². The van der Waals surface area contributed by atoms with E-state index in [1.807, 2.05) is 18.2 Å². The molecule has 1 aliphatic carbocycles. The van der Waals surface area contributed by atoms with E-state index >= 15 is 0 Å². The Kier molecular flexibility index (Phi) is 4.75. The molecule has 1 saturated heterocycles. The van der Waals surface area contributed by atoms with Gasteiger partial charge in [0.2, 0.25) is 5.88 Å². The van der Waals surface area contributed by atoms with Crippen LogP contribution in [0.25, 0.3) is 22.3 Å². The van der Waals surface area contributed by atoms with E-state index in [2.05, 4.69) is 20.6 Å². The Morgan fingerprint density at radius 2 is 2.11 bits per heavy atom. The van der Waals surface area contributed by atoms with E-state index in [1.54, 1.807) is 25.3 Å². The molecular formula is C27H24FN5O3. The Morgan fingerprint density at radius 3 is 2.94 bits per heavy atom. The second-order valence-corrected chi connectivity index (χ2v) is 9.71. The van der Waals surface area contributed by atoms with E-state index < -0.39 is 0 Å². The summed E-state index contributed by atoms with van der Waals surface area (Å²) in [4.78, 5) is 25.9. The lowest BCUT2D eigenvalue weighted by Gasteiger charge is -2.25. The van der Waals surface area contributed by atoms with Gasteiger partial charge in [-0.2, -0.15) is 0 Å². The molecule has 2 atom stereocenters. The average molecular weight is 486 g/mol. The molecular weight excluding hydrogens is 461 g/mol. The van der Waals surface area contributed by atoms with Crippen LogP contribution in [0.15, 0.2) is 42.6 Å². The van der Waals surface area contributed by atoms with Gasteiger partial charge in [0.25, 0.3) is 5.91 Å². The number of hydrogen-bond donors (Lipinski definition) is 3. The van der Waals surface area contributed by atoms with Crippen LogP contribution >= 0.6 is 0 Å². The first kappa shape index (κ1) is 21.3. The highest BCUT2D eigenvalue weighted by Gasteiger charge is 2.48. The minimum Gasteiger partial charge on any atom is -0.477 e. The second kappa shape index (κ2) is 8.03. The van der Waals surface area contributed by atoms with Crippen LogP contribution < -0.4 is 15.4 Å². The number of nitrogens with one attached hydrogen (secondary N) is 3. The minimum absolute atomic E-state index is 0.138. The van der Waals surface area contributed by atoms with E-state index in [-0.39, 0.29) is 23.7 Å². The lowest BCUT2D eigenvalue weighted by molar-refractivity contribution is -0.0513. The molecule has 9 heteroatoms. The van der Waals surface area contributed by atoms with Crippen LogP contribution in [-0.4, -0.2) is 46.7 Å². The Hall–Kier alpha value is -3.98. The van der Waals surface area contributed by atoms with E-state index in [4.69, 9.17) is 14.5 Å². The summed E-state index contributed by atoms with van der Waals surface area (Å²) >= 11 is 0. The first-order valence-corrected chi connectivity index (χ1v) is 12.1. The van der Waals surface area contributed by atoms with Crippen molar-refractivity contribution < 1.29 is 18.7 Å². The van der Waals surface area contributed by atoms with Crippen LogP contribution in [0.3, 0.4) is 0 Å². The van der Waals surface area contributed by atoms with Crippen LogP contribution in [0.5, 0.6) is 5.88 Å². The number of carbonyl (C=O) groups excluding carboxylic acids is 1. The van der Waals surface area contributed by atoms with Crippen LogP contribution in [0, 0.1) is 18.7 Å². The molecule has 1 amide bonds. The van der Waals surface area contributed by atoms with Crippen LogP contribution in [-0.2, 0) is 4.74 Å². The summed E-state index contributed by atoms with van der Waals surface area (Å²) in [6, 6.07) is 10.6. The number of carbonyl (C=O) groups is 1. The van der Waals surface area contributed by atoms with Crippen molar-refractivity contribution in [2.75, 3.05) is 25.1 Å². The zero-order chi connectivity index (χ0) is 24.4. The summed E-state index contributed by atoms with van der Waals surface area (Å²) in [5, 5.41) is 6.45. The summed E-state index contributed by atoms with van der Waals surface area (Å²) in [6.07, 6.45) is 2.62. The van der Waals surface area contributed by atoms with Crippen molar-refractivity contribution >= 4 is 28.3 Å². The number of amides is 1. The number of halogens is 1. The molecule has 4 aromatic rings. The van der Waals surface area contributed by atoms with Gasteiger partial charge in [-0.15, -0.1) is 0 Å². The first-order valence-electron chi connectivity index (χ1n) is 12.1. The van der Waals surface area contributed by atoms with Gasteiger partial charge in [-0.25, -0.2) is 9.37 Å². The highest BCUT2D eigenvalue weighted by molar-refractivity contribution is 6.09. The van der Waals surface area contributed by atoms with Gasteiger partial charge in [-0.3, -0.25) is 9.78 Å². The molecule has 182 valence electrons. The van der Waals surface area contributed by atoms with Crippen molar-refractivity contribution in [3.63, 3.8) is 0 Å². The summed E-state index contributed by atoms with van der Waals surface area (Å²) in [6.45, 7) is 3.66. The van der Waals surface area contributed by atoms with Crippen molar-refractivity contribution in [2.24, 2.45) is 5.92 Å². The van der Waals surface area contributed by atoms with Crippen molar-refractivity contribution in [3.8, 4) is 17.1 Å². The molecule has 3 aromatic heterocycles. The smallest absolute Gasteiger partial charge is 0.255 e. The van der Waals surface area contributed by atoms with Crippen molar-refractivity contribution in [1.82, 2.24) is 20.3 Å². The third kappa shape index (κ3) is 3.42. The van der Waals surface area contributed by atoms with Crippen molar-refractivity contribution in [1.29, 1.82) is 0 Å². The normalized spacial score (nSPS) is 20.3. The lowest BCUT2D eigenvalue weighted by atomic mass is 10.0. The van der Waals surface area contributed by atoms with Gasteiger partial charge >= 0.3 is 0 Å². The molecule has 2 fully saturated rings. The molecule has 36 heavy (non-hydrogen) atoms. The number of aromatic nitrogens is 3. The lowest BCUT2D eigenvalue weighted by Crippen LogP contribution is -2.32. The molecule has 2 unspecified atom stereocenters. The largest absolute Gasteiger partial charge is 0.477 e. The fourth-order valence-electron chi connectivity index (χ4n) is 5.03. The molecule has 0 radical (unpaired) electrons. The summed E-state index contributed by atoms with van der Waals surface area (Å²) in [7, 11) is 0. The average Bonchev–Trinajstić information content (AvgIpc) is 3.52. The number of hydrogen-bond acceptors (Lipinski definition) is 6. The Bertz CT molecular complexity index is 1530. The number of rotatable bonds is 6. The topological polar surface area (TPSA) is 101 Å². The van der Waals surface area contributed by atoms with Gasteiger partial charge in [-0.1, -0.05) is 6.07 Å². The maximum Gasteiger partial charge on any atom is 0.255 e. The van der Waals surface area contributed by atoms with Gasteiger partial charge < -0.3 is 25.1 Å². The molecule has 3 N–H and O–H groups in total. The summed E-state index contributed by atoms with van der Waals surface area (Å²) in [5.41, 5.74) is 6.02. The summed E-state index contributed by atoms with van der Waals surface area (Å²) in [5.74, 6) is 0.676. The maximum absolute atomic E-state index is 14.4. The van der Waals surface area contributed by atoms with E-state index in [1.165, 1.54) is 6.07 Å². The van der Waals surface area contributed by atoms with E-state index in [0.29, 0.717) is 65.2 Å². The SMILES string of the molecule is Cc1c(F)cccc1Nc1c(-c2ccnc3ccc(OCC4COC4)nc23)[nH]c2c1C(=O)NC1CC21. The number of H-pyrrole nitrogens is 1. The fourth-order valence-corrected chi connectivity index (χ4v) is 5.03. The molecule has 0 bridgehead atoms. The first-order chi connectivity index (χ1) is 17.6. The number of anilines is 2. The Morgan fingerprint density at radius 1 is 1.22 bits per heavy atom. The van der Waals surface area contributed by atoms with Crippen LogP contribution in [0.4, 0.5) is 15.8 Å². The third-order valence-corrected chi connectivity index (χ3v) is 7.26. The van der Waals surface area contributed by atoms with E-state index in [9.17, 15) is 9.18 Å². The Balaban J connectivity index is 1.37. The molecule has 5 heterocycles. The molecule has 2 aliphatic heterocycles. The Labute approximate surface area is 206 Å². The highest BCUT2D eigenvalue weighted by atomic mass is 19.1. The van der Waals surface area contributed by atoms with Gasteiger partial charge in [0.15, 0.2) is 0 Å². The maximum atomic E-state index is 14.4. The third-order valence-electron chi connectivity index (χ3n) is 7.26. The number of nitrogens with zero attached hydrogens (tertiary/aromatic N) is 2. The van der Waals surface area contributed by atoms with Gasteiger partial charge in [0.05, 0.1) is 42.3 Å². The van der Waals surface area contributed by atoms with Gasteiger partial charge in [0, 0.05) is 52.6 Å². The van der Waals surface area contributed by atoms with Crippen LogP contribution in [0.1, 0.15) is 34.0 Å². The number of pyridine rings is 2. The quantitative estimate of drug-likeness (QED) is 0.373. The number of fused-ring (bicyclic) bond motifs is 4. The standard InChI is InChI=1S/C27H24FN5O3/c1-13-17(28)3-2-4-18(13)30-26-22-24(16-9-20(16)31-27(22)34)33-25(26)15-7-8-29-19-5-6-21(32-23(15)19)36-12-14-10-35-11-14/h2-8,14,16,20,30,33H,9-12H2,1H3,(H,31,34). The molecule has 7 rings (SSSR count). The predicted octanol–water partition coefficient (Wildman–Crippen LogP) is 4.44. The summed E-state index contributed by atoms with van der Waals surface area (Å²) < 4.78 is 25.5. The highest BCUT2D eigenvalue weighted by Crippen LogP contribution is 2.50. The second-order valence-electron chi connectivity index (χ2n) is 9.71. The molecule has 3 aliphatic rings. The zero-order valence-corrected chi connectivity index (χ0v) is 19.6. The number of benzene rings is 1. The van der Waals surface area contributed by atoms with Gasteiger partial charge in [0.1, 0.15) is 11.3 Å². The van der Waals surface area contributed by atoms with E-state index in [0.717, 1.165) is 23.4 Å². The minimum atomic E-state index is -0.313. The molecule has 1 saturated carbocycles. The predicted molar refractivity (Wildman–Crippen MR) is 132 cm³/mol. The van der Waals surface area contributed by atoms with Crippen molar-refractivity contribution in [2.45, 2.75) is 25.3 Å². The molecule has 1 aromatic carbocycles. The fraction of sp³-hybridized carbons (Fsp3) is 0.296. The number of aromatic amines is 1. The van der Waals surface area contributed by atoms with Crippen LogP contribution in [0.2, 0.25) is 0 Å². The zero-order valence-electron chi connectivity index (χ0n) is 19.6. The monoisotopic (exact) mass is 485 g/mol. The molecule has 8 nitrogen and oxygen atoms in total. The van der Waals surface area contributed by atoms with Crippen molar-refractivity contribution in [3.05, 3.63) is 65.2 Å². The number of ether oxygens (including phenoxy) is 2.